The van der Waals surface area contributed by atoms with Gasteiger partial charge in [-0.3, -0.25) is 4.79 Å². The lowest BCUT2D eigenvalue weighted by molar-refractivity contribution is -0.115. The molecule has 0 saturated carbocycles. The Labute approximate surface area is 128 Å². The van der Waals surface area contributed by atoms with E-state index in [1.54, 1.807) is 37.4 Å². The fraction of sp³-hybridized carbons (Fsp3) is 0.235. The number of carbonyl (C=O) groups excluding carboxylic acids is 1. The molecule has 2 aromatic rings. The lowest BCUT2D eigenvalue weighted by Gasteiger charge is -2.13. The number of hydrogen-bond acceptors (Lipinski definition) is 3. The Morgan fingerprint density at radius 2 is 1.77 bits per heavy atom. The maximum Gasteiger partial charge on any atom is 0.228 e. The van der Waals surface area contributed by atoms with Crippen molar-refractivity contribution in [3.63, 3.8) is 0 Å². The number of methoxy groups -OCH3 is 2. The summed E-state index contributed by atoms with van der Waals surface area (Å²) in [5, 5.41) is 2.77. The molecule has 0 spiro atoms. The van der Waals surface area contributed by atoms with Gasteiger partial charge in [0.05, 0.1) is 20.6 Å². The first kappa shape index (κ1) is 15.8. The standard InChI is InChI=1S/C17H18FNO3/c1-11-8-15(21-2)16(22-3)10-14(11)19-17(20)9-12-6-4-5-7-13(12)18/h4-8,10H,9H2,1-3H3,(H,19,20). The predicted octanol–water partition coefficient (Wildman–Crippen LogP) is 3.33. The van der Waals surface area contributed by atoms with Crippen molar-refractivity contribution in [3.8, 4) is 11.5 Å². The van der Waals surface area contributed by atoms with Crippen LogP contribution in [0.25, 0.3) is 0 Å². The number of nitrogens with one attached hydrogen (secondary N) is 1. The van der Waals surface area contributed by atoms with E-state index in [1.165, 1.54) is 13.2 Å². The molecule has 2 rings (SSSR count). The number of carbonyl (C=O) groups is 1. The molecule has 0 radical (unpaired) electrons. The number of amides is 1. The van der Waals surface area contributed by atoms with Gasteiger partial charge in [0.15, 0.2) is 11.5 Å². The van der Waals surface area contributed by atoms with E-state index in [4.69, 9.17) is 9.47 Å². The third-order valence-corrected chi connectivity index (χ3v) is 3.31. The molecule has 5 heteroatoms. The number of anilines is 1. The Balaban J connectivity index is 2.16. The molecule has 0 aliphatic heterocycles. The molecule has 0 unspecified atom stereocenters. The van der Waals surface area contributed by atoms with Crippen LogP contribution in [-0.2, 0) is 11.2 Å². The summed E-state index contributed by atoms with van der Waals surface area (Å²) in [7, 11) is 3.08. The highest BCUT2D eigenvalue weighted by molar-refractivity contribution is 5.93. The van der Waals surface area contributed by atoms with Crippen molar-refractivity contribution in [3.05, 3.63) is 53.3 Å². The summed E-state index contributed by atoms with van der Waals surface area (Å²) in [5.41, 5.74) is 1.80. The summed E-state index contributed by atoms with van der Waals surface area (Å²) < 4.78 is 24.0. The third kappa shape index (κ3) is 3.55. The fourth-order valence-corrected chi connectivity index (χ4v) is 2.12. The summed E-state index contributed by atoms with van der Waals surface area (Å²) in [4.78, 5) is 12.1. The highest BCUT2D eigenvalue weighted by Crippen LogP contribution is 2.32. The van der Waals surface area contributed by atoms with Crippen molar-refractivity contribution in [1.82, 2.24) is 0 Å². The van der Waals surface area contributed by atoms with Crippen LogP contribution < -0.4 is 14.8 Å². The van der Waals surface area contributed by atoms with Gasteiger partial charge in [-0.05, 0) is 30.2 Å². The molecule has 1 N–H and O–H groups in total. The number of benzene rings is 2. The molecule has 0 heterocycles. The van der Waals surface area contributed by atoms with Gasteiger partial charge in [-0.25, -0.2) is 4.39 Å². The second-order valence-corrected chi connectivity index (χ2v) is 4.84. The van der Waals surface area contributed by atoms with Crippen LogP contribution in [0.1, 0.15) is 11.1 Å². The molecule has 0 saturated heterocycles. The van der Waals surface area contributed by atoms with Crippen molar-refractivity contribution in [2.45, 2.75) is 13.3 Å². The number of ether oxygens (including phenoxy) is 2. The summed E-state index contributed by atoms with van der Waals surface area (Å²) in [6, 6.07) is 9.69. The van der Waals surface area contributed by atoms with Gasteiger partial charge in [-0.1, -0.05) is 18.2 Å². The van der Waals surface area contributed by atoms with Gasteiger partial charge in [0.1, 0.15) is 5.82 Å². The third-order valence-electron chi connectivity index (χ3n) is 3.31. The number of hydrogen-bond donors (Lipinski definition) is 1. The summed E-state index contributed by atoms with van der Waals surface area (Å²) in [6.07, 6.45) is -0.0273. The first-order valence-corrected chi connectivity index (χ1v) is 6.81. The largest absolute Gasteiger partial charge is 0.493 e. The maximum absolute atomic E-state index is 13.6. The number of aryl methyl sites for hydroxylation is 1. The van der Waals surface area contributed by atoms with Crippen LogP contribution >= 0.6 is 0 Å². The van der Waals surface area contributed by atoms with E-state index in [2.05, 4.69) is 5.32 Å². The molecule has 2 aromatic carbocycles. The number of halogens is 1. The van der Waals surface area contributed by atoms with Crippen molar-refractivity contribution >= 4 is 11.6 Å². The second kappa shape index (κ2) is 6.93. The first-order valence-electron chi connectivity index (χ1n) is 6.81. The van der Waals surface area contributed by atoms with Gasteiger partial charge in [-0.2, -0.15) is 0 Å². The van der Waals surface area contributed by atoms with E-state index < -0.39 is 0 Å². The van der Waals surface area contributed by atoms with Gasteiger partial charge < -0.3 is 14.8 Å². The zero-order chi connectivity index (χ0) is 16.1. The Hall–Kier alpha value is -2.56. The monoisotopic (exact) mass is 303 g/mol. The predicted molar refractivity (Wildman–Crippen MR) is 83.0 cm³/mol. The molecule has 1 amide bonds. The van der Waals surface area contributed by atoms with E-state index >= 15 is 0 Å². The second-order valence-electron chi connectivity index (χ2n) is 4.84. The van der Waals surface area contributed by atoms with Crippen LogP contribution in [0.2, 0.25) is 0 Å². The fourth-order valence-electron chi connectivity index (χ4n) is 2.12. The molecule has 22 heavy (non-hydrogen) atoms. The average Bonchev–Trinajstić information content (AvgIpc) is 2.51. The zero-order valence-corrected chi connectivity index (χ0v) is 12.8. The van der Waals surface area contributed by atoms with Gasteiger partial charge in [0.2, 0.25) is 5.91 Å². The van der Waals surface area contributed by atoms with Crippen molar-refractivity contribution < 1.29 is 18.7 Å². The van der Waals surface area contributed by atoms with Crippen LogP contribution in [0.15, 0.2) is 36.4 Å². The minimum Gasteiger partial charge on any atom is -0.493 e. The molecule has 0 aliphatic rings. The molecule has 0 fully saturated rings. The smallest absolute Gasteiger partial charge is 0.228 e. The normalized spacial score (nSPS) is 10.2. The van der Waals surface area contributed by atoms with Crippen molar-refractivity contribution in [2.24, 2.45) is 0 Å². The van der Waals surface area contributed by atoms with Crippen LogP contribution in [0, 0.1) is 12.7 Å². The van der Waals surface area contributed by atoms with E-state index in [9.17, 15) is 9.18 Å². The Kier molecular flexibility index (Phi) is 4.99. The van der Waals surface area contributed by atoms with Gasteiger partial charge in [0.25, 0.3) is 0 Å². The zero-order valence-electron chi connectivity index (χ0n) is 12.8. The van der Waals surface area contributed by atoms with Crippen LogP contribution in [0.4, 0.5) is 10.1 Å². The Morgan fingerprint density at radius 1 is 1.14 bits per heavy atom. The van der Waals surface area contributed by atoms with Crippen LogP contribution in [-0.4, -0.2) is 20.1 Å². The van der Waals surface area contributed by atoms with Gasteiger partial charge in [0, 0.05) is 11.8 Å². The van der Waals surface area contributed by atoms with Crippen molar-refractivity contribution in [1.29, 1.82) is 0 Å². The summed E-state index contributed by atoms with van der Waals surface area (Å²) >= 11 is 0. The summed E-state index contributed by atoms with van der Waals surface area (Å²) in [6.45, 7) is 1.85. The number of rotatable bonds is 5. The Bertz CT molecular complexity index is 686. The summed E-state index contributed by atoms with van der Waals surface area (Å²) in [5.74, 6) is 0.434. The van der Waals surface area contributed by atoms with E-state index in [0.29, 0.717) is 22.7 Å². The first-order chi connectivity index (χ1) is 10.5. The molecule has 0 bridgehead atoms. The van der Waals surface area contributed by atoms with Gasteiger partial charge >= 0.3 is 0 Å². The minimum absolute atomic E-state index is 0.0273. The van der Waals surface area contributed by atoms with E-state index in [0.717, 1.165) is 5.56 Å². The van der Waals surface area contributed by atoms with Crippen molar-refractivity contribution in [2.75, 3.05) is 19.5 Å². The van der Waals surface area contributed by atoms with Gasteiger partial charge in [-0.15, -0.1) is 0 Å². The highest BCUT2D eigenvalue weighted by atomic mass is 19.1. The highest BCUT2D eigenvalue weighted by Gasteiger charge is 2.12. The molecule has 0 atom stereocenters. The minimum atomic E-state index is -0.387. The quantitative estimate of drug-likeness (QED) is 0.921. The molecular formula is C17H18FNO3. The lowest BCUT2D eigenvalue weighted by Crippen LogP contribution is -2.16. The van der Waals surface area contributed by atoms with E-state index in [-0.39, 0.29) is 18.1 Å². The lowest BCUT2D eigenvalue weighted by atomic mass is 10.1. The van der Waals surface area contributed by atoms with Crippen LogP contribution in [0.5, 0.6) is 11.5 Å². The topological polar surface area (TPSA) is 47.6 Å². The van der Waals surface area contributed by atoms with Crippen LogP contribution in [0.3, 0.4) is 0 Å². The molecule has 4 nitrogen and oxygen atoms in total. The molecule has 0 aromatic heterocycles. The SMILES string of the molecule is COc1cc(C)c(NC(=O)Cc2ccccc2F)cc1OC. The average molecular weight is 303 g/mol. The molecule has 116 valence electrons. The van der Waals surface area contributed by atoms with E-state index in [1.807, 2.05) is 6.92 Å². The Morgan fingerprint density at radius 3 is 2.41 bits per heavy atom. The molecular weight excluding hydrogens is 285 g/mol. The maximum atomic E-state index is 13.6. The molecule has 0 aliphatic carbocycles.